The summed E-state index contributed by atoms with van der Waals surface area (Å²) in [4.78, 5) is 51.8. The van der Waals surface area contributed by atoms with Crippen molar-refractivity contribution in [3.8, 4) is 5.75 Å². The number of fused-ring (bicyclic) bond motifs is 1. The summed E-state index contributed by atoms with van der Waals surface area (Å²) in [5.74, 6) is -1.81. The van der Waals surface area contributed by atoms with Crippen molar-refractivity contribution in [3.05, 3.63) is 64.6 Å². The summed E-state index contributed by atoms with van der Waals surface area (Å²) in [5.41, 5.74) is 1.01. The van der Waals surface area contributed by atoms with Gasteiger partial charge in [-0.25, -0.2) is 13.6 Å². The molecular weight excluding hydrogens is 546 g/mol. The largest absolute Gasteiger partial charge is 0.412 e. The van der Waals surface area contributed by atoms with E-state index in [4.69, 9.17) is 16.3 Å². The summed E-state index contributed by atoms with van der Waals surface area (Å²) in [7, 11) is 0. The van der Waals surface area contributed by atoms with Crippen molar-refractivity contribution >= 4 is 46.2 Å². The van der Waals surface area contributed by atoms with Crippen LogP contribution in [-0.4, -0.2) is 58.0 Å². The Bertz CT molecular complexity index is 1510. The summed E-state index contributed by atoms with van der Waals surface area (Å²) in [6.07, 6.45) is 1.14. The number of hydrogen-bond acceptors (Lipinski definition) is 5. The average molecular weight is 573 g/mol. The average Bonchev–Trinajstić information content (AvgIpc) is 3.52. The number of nitrogens with zero attached hydrogens (tertiary/aromatic N) is 2. The zero-order valence-corrected chi connectivity index (χ0v) is 22.3. The van der Waals surface area contributed by atoms with Gasteiger partial charge in [0.2, 0.25) is 11.8 Å². The molecule has 2 heterocycles. The lowest BCUT2D eigenvalue weighted by Gasteiger charge is -2.24. The predicted molar refractivity (Wildman–Crippen MR) is 142 cm³/mol. The molecule has 210 valence electrons. The van der Waals surface area contributed by atoms with Crippen LogP contribution in [0.4, 0.5) is 13.6 Å². The molecule has 1 aliphatic carbocycles. The van der Waals surface area contributed by atoms with Crippen molar-refractivity contribution in [3.63, 3.8) is 0 Å². The first kappa shape index (κ1) is 27.6. The summed E-state index contributed by atoms with van der Waals surface area (Å²) in [6, 6.07) is 8.17. The fraction of sp³-hybridized carbons (Fsp3) is 0.357. The standard InChI is InChI=1S/C28H27ClF2N4O5/c1-15(36)21-13-34(23-8-7-19(10-20(21)23)40-28(39)33-18-5-6-18)14-25(37)35-12-17(30)9-24(35)27(38)32-11-16-3-2-4-22(29)26(16)31/h2-4,7-8,10,13,17-18,24H,5-6,9,11-12,14H2,1H3,(H,32,38)(H,33,39). The van der Waals surface area contributed by atoms with Gasteiger partial charge in [0, 0.05) is 47.2 Å². The van der Waals surface area contributed by atoms with Gasteiger partial charge in [0.15, 0.2) is 5.78 Å². The number of aromatic nitrogens is 1. The van der Waals surface area contributed by atoms with Crippen molar-refractivity contribution < 1.29 is 32.7 Å². The van der Waals surface area contributed by atoms with Crippen LogP contribution in [0.15, 0.2) is 42.6 Å². The van der Waals surface area contributed by atoms with Crippen LogP contribution < -0.4 is 15.4 Å². The molecule has 1 aromatic heterocycles. The second kappa shape index (κ2) is 11.2. The lowest BCUT2D eigenvalue weighted by molar-refractivity contribution is -0.139. The minimum absolute atomic E-state index is 0.0858. The Morgan fingerprint density at radius 3 is 2.65 bits per heavy atom. The molecule has 1 saturated heterocycles. The molecule has 12 heteroatoms. The molecule has 2 N–H and O–H groups in total. The van der Waals surface area contributed by atoms with E-state index in [-0.39, 0.29) is 54.2 Å². The van der Waals surface area contributed by atoms with Crippen molar-refractivity contribution in [2.45, 2.75) is 57.5 Å². The predicted octanol–water partition coefficient (Wildman–Crippen LogP) is 4.14. The number of ether oxygens (including phenoxy) is 1. The van der Waals surface area contributed by atoms with E-state index >= 15 is 0 Å². The molecule has 0 spiro atoms. The van der Waals surface area contributed by atoms with Crippen LogP contribution in [-0.2, 0) is 22.7 Å². The number of ketones is 1. The molecule has 3 amide bonds. The number of Topliss-reactive ketones (excluding diaryl/α,β-unsaturated/α-hetero) is 1. The van der Waals surface area contributed by atoms with Gasteiger partial charge >= 0.3 is 6.09 Å². The Hall–Kier alpha value is -3.99. The number of rotatable bonds is 8. The number of amides is 3. The smallest absolute Gasteiger partial charge is 0.410 e. The maximum absolute atomic E-state index is 14.4. The second-order valence-electron chi connectivity index (χ2n) is 10.0. The lowest BCUT2D eigenvalue weighted by Crippen LogP contribution is -2.46. The van der Waals surface area contributed by atoms with Gasteiger partial charge in [-0.05, 0) is 44.0 Å². The highest BCUT2D eigenvalue weighted by Crippen LogP contribution is 2.29. The van der Waals surface area contributed by atoms with Crippen LogP contribution in [0.25, 0.3) is 10.9 Å². The van der Waals surface area contributed by atoms with Crippen molar-refractivity contribution in [2.75, 3.05) is 6.54 Å². The van der Waals surface area contributed by atoms with Gasteiger partial charge in [-0.2, -0.15) is 0 Å². The Labute approximate surface area is 233 Å². The van der Waals surface area contributed by atoms with Gasteiger partial charge in [0.05, 0.1) is 11.6 Å². The molecule has 5 rings (SSSR count). The van der Waals surface area contributed by atoms with E-state index in [2.05, 4.69) is 10.6 Å². The number of alkyl halides is 1. The molecule has 2 atom stereocenters. The maximum Gasteiger partial charge on any atom is 0.412 e. The number of nitrogens with one attached hydrogen (secondary N) is 2. The number of benzene rings is 2. The van der Waals surface area contributed by atoms with Crippen LogP contribution in [0.3, 0.4) is 0 Å². The molecule has 2 aliphatic rings. The lowest BCUT2D eigenvalue weighted by atomic mass is 10.1. The van der Waals surface area contributed by atoms with Crippen molar-refractivity contribution in [1.29, 1.82) is 0 Å². The number of carbonyl (C=O) groups is 4. The highest BCUT2D eigenvalue weighted by atomic mass is 35.5. The first-order chi connectivity index (χ1) is 19.1. The van der Waals surface area contributed by atoms with Gasteiger partial charge in [-0.3, -0.25) is 14.4 Å². The minimum atomic E-state index is -1.40. The fourth-order valence-electron chi connectivity index (χ4n) is 4.81. The molecule has 1 aliphatic heterocycles. The van der Waals surface area contributed by atoms with Crippen LogP contribution >= 0.6 is 11.6 Å². The molecule has 40 heavy (non-hydrogen) atoms. The second-order valence-corrected chi connectivity index (χ2v) is 10.4. The zero-order chi connectivity index (χ0) is 28.6. The SMILES string of the molecule is CC(=O)c1cn(CC(=O)N2CC(F)CC2C(=O)NCc2cccc(Cl)c2F)c2ccc(OC(=O)NC3CC3)cc12. The van der Waals surface area contributed by atoms with Gasteiger partial charge in [-0.15, -0.1) is 0 Å². The Morgan fingerprint density at radius 2 is 1.93 bits per heavy atom. The van der Waals surface area contributed by atoms with Crippen LogP contribution in [0.2, 0.25) is 5.02 Å². The van der Waals surface area contributed by atoms with Crippen LogP contribution in [0.5, 0.6) is 5.75 Å². The van der Waals surface area contributed by atoms with Crippen molar-refractivity contribution in [2.24, 2.45) is 0 Å². The summed E-state index contributed by atoms with van der Waals surface area (Å²) in [6.45, 7) is 0.681. The van der Waals surface area contributed by atoms with Crippen molar-refractivity contribution in [1.82, 2.24) is 20.1 Å². The number of halogens is 3. The first-order valence-corrected chi connectivity index (χ1v) is 13.2. The van der Waals surface area contributed by atoms with Gasteiger partial charge < -0.3 is 24.8 Å². The molecule has 1 saturated carbocycles. The third-order valence-electron chi connectivity index (χ3n) is 7.01. The molecule has 9 nitrogen and oxygen atoms in total. The maximum atomic E-state index is 14.4. The number of likely N-dealkylation sites (tertiary alicyclic amines) is 1. The molecular formula is C28H27ClF2N4O5. The highest BCUT2D eigenvalue weighted by molar-refractivity contribution is 6.30. The zero-order valence-electron chi connectivity index (χ0n) is 21.6. The van der Waals surface area contributed by atoms with E-state index < -0.39 is 35.9 Å². The summed E-state index contributed by atoms with van der Waals surface area (Å²) < 4.78 is 35.5. The monoisotopic (exact) mass is 572 g/mol. The van der Waals surface area contributed by atoms with Crippen LogP contribution in [0, 0.1) is 5.82 Å². The quantitative estimate of drug-likeness (QED) is 0.394. The molecule has 2 fully saturated rings. The third kappa shape index (κ3) is 5.94. The Morgan fingerprint density at radius 1 is 1.15 bits per heavy atom. The van der Waals surface area contributed by atoms with E-state index in [1.54, 1.807) is 28.8 Å². The number of carbonyl (C=O) groups excluding carboxylic acids is 4. The van der Waals surface area contributed by atoms with Gasteiger partial charge in [0.25, 0.3) is 0 Å². The Kier molecular flexibility index (Phi) is 7.75. The normalized spacial score (nSPS) is 18.6. The van der Waals surface area contributed by atoms with E-state index in [1.807, 2.05) is 0 Å². The summed E-state index contributed by atoms with van der Waals surface area (Å²) in [5, 5.41) is 5.69. The van der Waals surface area contributed by atoms with Gasteiger partial charge in [-0.1, -0.05) is 23.7 Å². The number of hydrogen-bond donors (Lipinski definition) is 2. The molecule has 0 radical (unpaired) electrons. The highest BCUT2D eigenvalue weighted by Gasteiger charge is 2.40. The molecule has 0 bridgehead atoms. The Balaban J connectivity index is 1.31. The van der Waals surface area contributed by atoms with Gasteiger partial charge in [0.1, 0.15) is 30.3 Å². The minimum Gasteiger partial charge on any atom is -0.410 e. The molecule has 2 unspecified atom stereocenters. The van der Waals surface area contributed by atoms with E-state index in [9.17, 15) is 28.0 Å². The molecule has 3 aromatic rings. The van der Waals surface area contributed by atoms with E-state index in [0.29, 0.717) is 16.5 Å². The van der Waals surface area contributed by atoms with E-state index in [1.165, 1.54) is 25.3 Å². The van der Waals surface area contributed by atoms with Crippen LogP contribution in [0.1, 0.15) is 42.1 Å². The first-order valence-electron chi connectivity index (χ1n) is 12.9. The summed E-state index contributed by atoms with van der Waals surface area (Å²) >= 11 is 5.79. The fourth-order valence-corrected chi connectivity index (χ4v) is 5.01. The molecule has 2 aromatic carbocycles. The topological polar surface area (TPSA) is 110 Å². The third-order valence-corrected chi connectivity index (χ3v) is 7.30. The van der Waals surface area contributed by atoms with E-state index in [0.717, 1.165) is 17.7 Å².